The molecule has 0 radical (unpaired) electrons. The Kier molecular flexibility index (Phi) is 4.28. The Morgan fingerprint density at radius 3 is 2.83 bits per heavy atom. The van der Waals surface area contributed by atoms with Crippen LogP contribution < -0.4 is 10.6 Å². The van der Waals surface area contributed by atoms with Gasteiger partial charge < -0.3 is 15.1 Å². The Labute approximate surface area is 112 Å². The molecule has 0 aliphatic heterocycles. The molecule has 1 aromatic heterocycles. The summed E-state index contributed by atoms with van der Waals surface area (Å²) >= 11 is 6.29. The van der Waals surface area contributed by atoms with E-state index < -0.39 is 0 Å². The van der Waals surface area contributed by atoms with Crippen LogP contribution >= 0.6 is 11.6 Å². The van der Waals surface area contributed by atoms with Crippen molar-refractivity contribution in [3.05, 3.63) is 52.9 Å². The van der Waals surface area contributed by atoms with Gasteiger partial charge in [0.15, 0.2) is 0 Å². The van der Waals surface area contributed by atoms with Crippen LogP contribution in [0.5, 0.6) is 0 Å². The number of halogens is 1. The molecular formula is C14H17ClN2O. The zero-order valence-corrected chi connectivity index (χ0v) is 11.2. The summed E-state index contributed by atoms with van der Waals surface area (Å²) in [6.07, 6.45) is 4.25. The summed E-state index contributed by atoms with van der Waals surface area (Å²) in [4.78, 5) is 2.12. The number of anilines is 1. The van der Waals surface area contributed by atoms with Crippen LogP contribution in [0.3, 0.4) is 0 Å². The highest BCUT2D eigenvalue weighted by atomic mass is 35.5. The first kappa shape index (κ1) is 13.0. The lowest BCUT2D eigenvalue weighted by molar-refractivity contribution is 0.563. The number of hydrogen-bond acceptors (Lipinski definition) is 3. The minimum absolute atomic E-state index is 0.618. The van der Waals surface area contributed by atoms with E-state index in [1.165, 1.54) is 5.56 Å². The molecule has 0 saturated heterocycles. The number of furan rings is 1. The van der Waals surface area contributed by atoms with Crippen molar-refractivity contribution in [2.24, 2.45) is 5.73 Å². The zero-order valence-electron chi connectivity index (χ0n) is 10.4. The van der Waals surface area contributed by atoms with E-state index in [4.69, 9.17) is 21.8 Å². The maximum absolute atomic E-state index is 6.29. The van der Waals surface area contributed by atoms with Crippen molar-refractivity contribution >= 4 is 17.3 Å². The molecule has 4 heteroatoms. The van der Waals surface area contributed by atoms with Gasteiger partial charge in [0.2, 0.25) is 0 Å². The predicted octanol–water partition coefficient (Wildman–Crippen LogP) is 3.07. The van der Waals surface area contributed by atoms with Gasteiger partial charge in [-0.2, -0.15) is 0 Å². The fourth-order valence-corrected chi connectivity index (χ4v) is 2.42. The maximum Gasteiger partial charge on any atom is 0.0952 e. The molecule has 2 rings (SSSR count). The van der Waals surface area contributed by atoms with Gasteiger partial charge in [-0.3, -0.25) is 0 Å². The molecule has 18 heavy (non-hydrogen) atoms. The van der Waals surface area contributed by atoms with E-state index in [9.17, 15) is 0 Å². The number of para-hydroxylation sites is 1. The van der Waals surface area contributed by atoms with Crippen LogP contribution in [0.1, 0.15) is 11.1 Å². The third kappa shape index (κ3) is 2.86. The monoisotopic (exact) mass is 264 g/mol. The molecule has 0 atom stereocenters. The van der Waals surface area contributed by atoms with Gasteiger partial charge in [0.1, 0.15) is 0 Å². The molecule has 0 amide bonds. The Morgan fingerprint density at radius 1 is 1.33 bits per heavy atom. The summed E-state index contributed by atoms with van der Waals surface area (Å²) in [5.41, 5.74) is 8.98. The molecule has 0 aliphatic carbocycles. The van der Waals surface area contributed by atoms with Crippen LogP contribution in [0.4, 0.5) is 5.69 Å². The average molecular weight is 265 g/mol. The van der Waals surface area contributed by atoms with E-state index in [2.05, 4.69) is 11.0 Å². The highest BCUT2D eigenvalue weighted by Gasteiger charge is 2.12. The first-order valence-electron chi connectivity index (χ1n) is 5.92. The largest absolute Gasteiger partial charge is 0.472 e. The SMILES string of the molecule is CN(Cc1ccoc1)c1c(Cl)cccc1CCN. The van der Waals surface area contributed by atoms with Gasteiger partial charge in [-0.05, 0) is 30.7 Å². The van der Waals surface area contributed by atoms with E-state index >= 15 is 0 Å². The summed E-state index contributed by atoms with van der Waals surface area (Å²) in [6, 6.07) is 7.89. The lowest BCUT2D eigenvalue weighted by Crippen LogP contribution is -2.19. The molecule has 0 spiro atoms. The van der Waals surface area contributed by atoms with Crippen molar-refractivity contribution in [3.63, 3.8) is 0 Å². The quantitative estimate of drug-likeness (QED) is 0.903. The van der Waals surface area contributed by atoms with Crippen LogP contribution in [0, 0.1) is 0 Å². The first-order chi connectivity index (χ1) is 8.72. The van der Waals surface area contributed by atoms with Gasteiger partial charge in [-0.1, -0.05) is 23.7 Å². The summed E-state index contributed by atoms with van der Waals surface area (Å²) in [5.74, 6) is 0. The van der Waals surface area contributed by atoms with Crippen molar-refractivity contribution in [1.29, 1.82) is 0 Å². The normalized spacial score (nSPS) is 10.6. The fourth-order valence-electron chi connectivity index (χ4n) is 2.08. The first-order valence-corrected chi connectivity index (χ1v) is 6.30. The van der Waals surface area contributed by atoms with E-state index in [-0.39, 0.29) is 0 Å². The topological polar surface area (TPSA) is 42.4 Å². The van der Waals surface area contributed by atoms with Gasteiger partial charge in [0.05, 0.1) is 23.2 Å². The number of benzene rings is 1. The molecule has 0 aliphatic rings. The molecule has 1 aromatic carbocycles. The smallest absolute Gasteiger partial charge is 0.0952 e. The second kappa shape index (κ2) is 5.94. The highest BCUT2D eigenvalue weighted by molar-refractivity contribution is 6.33. The third-order valence-corrected chi connectivity index (χ3v) is 3.17. The molecular weight excluding hydrogens is 248 g/mol. The van der Waals surface area contributed by atoms with Gasteiger partial charge >= 0.3 is 0 Å². The second-order valence-corrected chi connectivity index (χ2v) is 4.68. The number of rotatable bonds is 5. The van der Waals surface area contributed by atoms with Crippen molar-refractivity contribution in [2.45, 2.75) is 13.0 Å². The average Bonchev–Trinajstić information content (AvgIpc) is 2.82. The minimum atomic E-state index is 0.618. The lowest BCUT2D eigenvalue weighted by atomic mass is 10.1. The summed E-state index contributed by atoms with van der Waals surface area (Å²) in [6.45, 7) is 1.38. The van der Waals surface area contributed by atoms with E-state index in [1.807, 2.05) is 25.2 Å². The third-order valence-electron chi connectivity index (χ3n) is 2.87. The van der Waals surface area contributed by atoms with Gasteiger partial charge in [-0.15, -0.1) is 0 Å². The molecule has 0 saturated carbocycles. The molecule has 2 aromatic rings. The number of hydrogen-bond donors (Lipinski definition) is 1. The molecule has 0 fully saturated rings. The van der Waals surface area contributed by atoms with Crippen LogP contribution in [-0.2, 0) is 13.0 Å². The van der Waals surface area contributed by atoms with Crippen LogP contribution in [0.2, 0.25) is 5.02 Å². The molecule has 3 nitrogen and oxygen atoms in total. The minimum Gasteiger partial charge on any atom is -0.472 e. The van der Waals surface area contributed by atoms with Gasteiger partial charge in [-0.25, -0.2) is 0 Å². The van der Waals surface area contributed by atoms with Gasteiger partial charge in [0.25, 0.3) is 0 Å². The van der Waals surface area contributed by atoms with Crippen molar-refractivity contribution < 1.29 is 4.42 Å². The van der Waals surface area contributed by atoms with Crippen molar-refractivity contribution in [2.75, 3.05) is 18.5 Å². The number of nitrogens with zero attached hydrogens (tertiary/aromatic N) is 1. The summed E-state index contributed by atoms with van der Waals surface area (Å²) in [7, 11) is 2.02. The van der Waals surface area contributed by atoms with Crippen LogP contribution in [0.15, 0.2) is 41.2 Å². The van der Waals surface area contributed by atoms with Crippen LogP contribution in [0.25, 0.3) is 0 Å². The molecule has 0 bridgehead atoms. The van der Waals surface area contributed by atoms with Gasteiger partial charge in [0, 0.05) is 19.2 Å². The van der Waals surface area contributed by atoms with E-state index in [1.54, 1.807) is 12.5 Å². The zero-order chi connectivity index (χ0) is 13.0. The van der Waals surface area contributed by atoms with Crippen molar-refractivity contribution in [1.82, 2.24) is 0 Å². The molecule has 96 valence electrons. The lowest BCUT2D eigenvalue weighted by Gasteiger charge is -2.23. The summed E-state index contributed by atoms with van der Waals surface area (Å²) in [5, 5.41) is 0.756. The van der Waals surface area contributed by atoms with E-state index in [0.29, 0.717) is 6.54 Å². The Hall–Kier alpha value is -1.45. The predicted molar refractivity (Wildman–Crippen MR) is 75.0 cm³/mol. The Bertz CT molecular complexity index is 497. The van der Waals surface area contributed by atoms with Crippen LogP contribution in [-0.4, -0.2) is 13.6 Å². The standard InChI is InChI=1S/C14H17ClN2O/c1-17(9-11-6-8-18-10-11)14-12(5-7-16)3-2-4-13(14)15/h2-4,6,8,10H,5,7,9,16H2,1H3. The molecule has 2 N–H and O–H groups in total. The Morgan fingerprint density at radius 2 is 2.17 bits per heavy atom. The fraction of sp³-hybridized carbons (Fsp3) is 0.286. The maximum atomic E-state index is 6.29. The molecule has 0 unspecified atom stereocenters. The second-order valence-electron chi connectivity index (χ2n) is 4.27. The Balaban J connectivity index is 2.25. The molecule has 1 heterocycles. The summed E-state index contributed by atoms with van der Waals surface area (Å²) < 4.78 is 5.08. The number of nitrogens with two attached hydrogens (primary N) is 1. The van der Waals surface area contributed by atoms with Crippen molar-refractivity contribution in [3.8, 4) is 0 Å². The highest BCUT2D eigenvalue weighted by Crippen LogP contribution is 2.30. The van der Waals surface area contributed by atoms with E-state index in [0.717, 1.165) is 29.2 Å².